The fraction of sp³-hybridized carbons (Fsp3) is 0.350. The molecule has 2 aromatic rings. The maximum Gasteiger partial charge on any atom is 0.264 e. The Bertz CT molecular complexity index is 754. The van der Waals surface area contributed by atoms with Crippen LogP contribution in [0.3, 0.4) is 0 Å². The maximum atomic E-state index is 12.8. The molecule has 0 bridgehead atoms. The Morgan fingerprint density at radius 3 is 2.56 bits per heavy atom. The number of para-hydroxylation sites is 1. The number of piperidine rings is 1. The van der Waals surface area contributed by atoms with Crippen molar-refractivity contribution in [3.63, 3.8) is 0 Å². The van der Waals surface area contributed by atoms with Crippen LogP contribution in [0.2, 0.25) is 0 Å². The molecule has 0 aliphatic carbocycles. The highest BCUT2D eigenvalue weighted by Crippen LogP contribution is 2.36. The number of phenols is 1. The first-order chi connectivity index (χ1) is 12.2. The smallest absolute Gasteiger partial charge is 0.264 e. The molecule has 0 saturated carbocycles. The third-order valence-electron chi connectivity index (χ3n) is 4.96. The van der Waals surface area contributed by atoms with Gasteiger partial charge in [0.05, 0.1) is 0 Å². The average Bonchev–Trinajstić information content (AvgIpc) is 2.68. The first kappa shape index (κ1) is 16.3. The molecule has 2 aromatic carbocycles. The maximum absolute atomic E-state index is 12.8. The predicted octanol–water partition coefficient (Wildman–Crippen LogP) is 3.65. The van der Waals surface area contributed by atoms with E-state index in [0.29, 0.717) is 17.4 Å². The minimum atomic E-state index is -0.384. The second kappa shape index (κ2) is 7.00. The monoisotopic (exact) mass is 355 g/mol. The summed E-state index contributed by atoms with van der Waals surface area (Å²) in [5.74, 6) is 2.34. The summed E-state index contributed by atoms with van der Waals surface area (Å²) in [6.07, 6.45) is 1.52. The summed E-state index contributed by atoms with van der Waals surface area (Å²) in [5, 5.41) is 9.42. The van der Waals surface area contributed by atoms with Crippen LogP contribution in [0.5, 0.6) is 11.5 Å². The van der Waals surface area contributed by atoms with E-state index in [-0.39, 0.29) is 12.0 Å². The molecule has 4 nitrogen and oxygen atoms in total. The number of likely N-dealkylation sites (tertiary alicyclic amines) is 1. The number of thioether (sulfide) groups is 1. The minimum Gasteiger partial charge on any atom is -0.508 e. The van der Waals surface area contributed by atoms with Gasteiger partial charge in [-0.2, -0.15) is 0 Å². The van der Waals surface area contributed by atoms with Gasteiger partial charge in [-0.15, -0.1) is 11.8 Å². The van der Waals surface area contributed by atoms with E-state index in [9.17, 15) is 9.90 Å². The Balaban J connectivity index is 1.36. The summed E-state index contributed by atoms with van der Waals surface area (Å²) >= 11 is 1.69. The van der Waals surface area contributed by atoms with Crippen LogP contribution in [0.15, 0.2) is 53.4 Å². The third kappa shape index (κ3) is 3.47. The Morgan fingerprint density at radius 1 is 1.08 bits per heavy atom. The first-order valence-corrected chi connectivity index (χ1v) is 9.65. The van der Waals surface area contributed by atoms with Gasteiger partial charge in [-0.05, 0) is 48.6 Å². The van der Waals surface area contributed by atoms with Crippen LogP contribution in [0.1, 0.15) is 24.3 Å². The highest BCUT2D eigenvalue weighted by molar-refractivity contribution is 7.99. The van der Waals surface area contributed by atoms with Gasteiger partial charge in [0.15, 0.2) is 6.10 Å². The van der Waals surface area contributed by atoms with Gasteiger partial charge in [0.25, 0.3) is 5.91 Å². The molecular formula is C20H21NO3S. The largest absolute Gasteiger partial charge is 0.508 e. The Morgan fingerprint density at radius 2 is 1.80 bits per heavy atom. The number of carbonyl (C=O) groups excluding carboxylic acids is 1. The predicted molar refractivity (Wildman–Crippen MR) is 98.2 cm³/mol. The van der Waals surface area contributed by atoms with Crippen LogP contribution in [-0.4, -0.2) is 40.9 Å². The van der Waals surface area contributed by atoms with Crippen molar-refractivity contribution in [3.8, 4) is 11.5 Å². The minimum absolute atomic E-state index is 0.103. The molecule has 1 N–H and O–H groups in total. The molecule has 5 heteroatoms. The summed E-state index contributed by atoms with van der Waals surface area (Å²) in [7, 11) is 0. The Kier molecular flexibility index (Phi) is 4.57. The molecule has 1 fully saturated rings. The standard InChI is InChI=1S/C20H21NO3S/c22-16-7-5-14(6-8-16)15-9-11-21(12-10-15)20(23)18-13-25-19-4-2-1-3-17(19)24-18/h1-8,15,18,22H,9-13H2/t18-/m0/s1. The van der Waals surface area contributed by atoms with E-state index in [4.69, 9.17) is 4.74 Å². The number of benzene rings is 2. The molecule has 1 saturated heterocycles. The zero-order chi connectivity index (χ0) is 17.2. The summed E-state index contributed by atoms with van der Waals surface area (Å²) in [4.78, 5) is 15.9. The lowest BCUT2D eigenvalue weighted by atomic mass is 9.89. The molecule has 25 heavy (non-hydrogen) atoms. The van der Waals surface area contributed by atoms with Crippen molar-refractivity contribution in [2.75, 3.05) is 18.8 Å². The van der Waals surface area contributed by atoms with Gasteiger partial charge in [-0.1, -0.05) is 24.3 Å². The highest BCUT2D eigenvalue weighted by Gasteiger charge is 2.32. The normalized spacial score (nSPS) is 20.6. The Hall–Kier alpha value is -2.14. The van der Waals surface area contributed by atoms with E-state index < -0.39 is 0 Å². The molecule has 0 unspecified atom stereocenters. The van der Waals surface area contributed by atoms with Gasteiger partial charge >= 0.3 is 0 Å². The zero-order valence-electron chi connectivity index (χ0n) is 13.9. The number of nitrogens with zero attached hydrogens (tertiary/aromatic N) is 1. The number of hydrogen-bond donors (Lipinski definition) is 1. The molecule has 2 aliphatic rings. The third-order valence-corrected chi connectivity index (χ3v) is 6.07. The number of ether oxygens (including phenoxy) is 1. The molecule has 1 amide bonds. The molecule has 130 valence electrons. The molecular weight excluding hydrogens is 334 g/mol. The SMILES string of the molecule is O=C([C@@H]1CSc2ccccc2O1)N1CCC(c2ccc(O)cc2)CC1. The first-order valence-electron chi connectivity index (χ1n) is 8.67. The van der Waals surface area contributed by atoms with Crippen LogP contribution in [0.25, 0.3) is 0 Å². The fourth-order valence-corrected chi connectivity index (χ4v) is 4.50. The van der Waals surface area contributed by atoms with Crippen molar-refractivity contribution in [3.05, 3.63) is 54.1 Å². The zero-order valence-corrected chi connectivity index (χ0v) is 14.7. The molecule has 2 aliphatic heterocycles. The topological polar surface area (TPSA) is 49.8 Å². The molecule has 1 atom stereocenters. The lowest BCUT2D eigenvalue weighted by Gasteiger charge is -2.35. The van der Waals surface area contributed by atoms with Crippen molar-refractivity contribution < 1.29 is 14.6 Å². The number of carbonyl (C=O) groups is 1. The van der Waals surface area contributed by atoms with Crippen molar-refractivity contribution in [1.29, 1.82) is 0 Å². The second-order valence-electron chi connectivity index (χ2n) is 6.56. The molecule has 0 aromatic heterocycles. The van der Waals surface area contributed by atoms with Crippen LogP contribution >= 0.6 is 11.8 Å². The lowest BCUT2D eigenvalue weighted by Crippen LogP contribution is -2.47. The number of rotatable bonds is 2. The van der Waals surface area contributed by atoms with Crippen molar-refractivity contribution in [2.45, 2.75) is 29.8 Å². The lowest BCUT2D eigenvalue weighted by molar-refractivity contribution is -0.139. The molecule has 2 heterocycles. The quantitative estimate of drug-likeness (QED) is 0.893. The number of hydrogen-bond acceptors (Lipinski definition) is 4. The summed E-state index contributed by atoms with van der Waals surface area (Å²) < 4.78 is 5.93. The number of phenolic OH excluding ortho intramolecular Hbond substituents is 1. The van der Waals surface area contributed by atoms with Crippen LogP contribution in [0.4, 0.5) is 0 Å². The van der Waals surface area contributed by atoms with E-state index in [1.807, 2.05) is 41.3 Å². The van der Waals surface area contributed by atoms with Crippen molar-refractivity contribution in [2.24, 2.45) is 0 Å². The summed E-state index contributed by atoms with van der Waals surface area (Å²) in [6.45, 7) is 1.52. The Labute approximate surface area is 151 Å². The van der Waals surface area contributed by atoms with Gasteiger partial charge in [0, 0.05) is 23.7 Å². The van der Waals surface area contributed by atoms with E-state index in [1.54, 1.807) is 23.9 Å². The van der Waals surface area contributed by atoms with E-state index in [2.05, 4.69) is 0 Å². The number of amides is 1. The van der Waals surface area contributed by atoms with E-state index >= 15 is 0 Å². The van der Waals surface area contributed by atoms with Gasteiger partial charge in [-0.25, -0.2) is 0 Å². The van der Waals surface area contributed by atoms with E-state index in [0.717, 1.165) is 36.6 Å². The van der Waals surface area contributed by atoms with Crippen molar-refractivity contribution >= 4 is 17.7 Å². The summed E-state index contributed by atoms with van der Waals surface area (Å²) in [5.41, 5.74) is 1.24. The molecule has 0 radical (unpaired) electrons. The van der Waals surface area contributed by atoms with Crippen LogP contribution in [-0.2, 0) is 4.79 Å². The van der Waals surface area contributed by atoms with Gasteiger partial charge in [0.2, 0.25) is 0 Å². The van der Waals surface area contributed by atoms with Gasteiger partial charge in [0.1, 0.15) is 11.5 Å². The van der Waals surface area contributed by atoms with E-state index in [1.165, 1.54) is 5.56 Å². The van der Waals surface area contributed by atoms with Gasteiger partial charge in [-0.3, -0.25) is 4.79 Å². The fourth-order valence-electron chi connectivity index (χ4n) is 3.52. The number of aromatic hydroxyl groups is 1. The number of fused-ring (bicyclic) bond motifs is 1. The molecule has 4 rings (SSSR count). The van der Waals surface area contributed by atoms with Crippen molar-refractivity contribution in [1.82, 2.24) is 4.90 Å². The summed E-state index contributed by atoms with van der Waals surface area (Å²) in [6, 6.07) is 15.3. The van der Waals surface area contributed by atoms with Crippen LogP contribution in [0, 0.1) is 0 Å². The average molecular weight is 355 g/mol. The highest BCUT2D eigenvalue weighted by atomic mass is 32.2. The van der Waals surface area contributed by atoms with Crippen LogP contribution < -0.4 is 4.74 Å². The molecule has 0 spiro atoms. The second-order valence-corrected chi connectivity index (χ2v) is 7.62. The van der Waals surface area contributed by atoms with Gasteiger partial charge < -0.3 is 14.7 Å².